The molecule has 2 aromatic rings. The van der Waals surface area contributed by atoms with Crippen LogP contribution >= 0.6 is 46.4 Å². The number of alkyl halides is 4. The normalized spacial score (nSPS) is 20.6. The van der Waals surface area contributed by atoms with Gasteiger partial charge in [0.1, 0.15) is 0 Å². The molecule has 0 saturated carbocycles. The van der Waals surface area contributed by atoms with Crippen molar-refractivity contribution in [2.45, 2.75) is 8.91 Å². The molecule has 17 heavy (non-hydrogen) atoms. The average Bonchev–Trinajstić information content (AvgIpc) is 2.69. The smallest absolute Gasteiger partial charge is 0.245 e. The molecule has 88 valence electrons. The van der Waals surface area contributed by atoms with Crippen molar-refractivity contribution in [1.82, 2.24) is 0 Å². The van der Waals surface area contributed by atoms with E-state index in [0.717, 1.165) is 16.5 Å². The van der Waals surface area contributed by atoms with Crippen LogP contribution in [-0.2, 0) is 0 Å². The van der Waals surface area contributed by atoms with Crippen molar-refractivity contribution in [3.63, 3.8) is 0 Å². The number of halogens is 4. The molecule has 1 heterocycles. The van der Waals surface area contributed by atoms with E-state index < -0.39 is 8.91 Å². The number of rotatable bonds is 1. The standard InChI is InChI=1S/C12H7Cl4N/c13-11(14)12(15,16)17(11)10-7-3-5-8-4-1-2-6-9(8)10/h1-7H. The van der Waals surface area contributed by atoms with E-state index in [1.165, 1.54) is 0 Å². The van der Waals surface area contributed by atoms with Crippen LogP contribution in [-0.4, -0.2) is 8.91 Å². The van der Waals surface area contributed by atoms with E-state index in [4.69, 9.17) is 46.4 Å². The Morgan fingerprint density at radius 1 is 0.765 bits per heavy atom. The maximum Gasteiger partial charge on any atom is 0.245 e. The van der Waals surface area contributed by atoms with Crippen LogP contribution in [0.1, 0.15) is 0 Å². The lowest BCUT2D eigenvalue weighted by atomic mass is 10.1. The Morgan fingerprint density at radius 3 is 2.00 bits per heavy atom. The molecule has 1 saturated heterocycles. The van der Waals surface area contributed by atoms with Crippen LogP contribution < -0.4 is 4.90 Å². The van der Waals surface area contributed by atoms with Crippen LogP contribution in [0.3, 0.4) is 0 Å². The Hall–Kier alpha value is -0.340. The minimum absolute atomic E-state index is 0.832. The third kappa shape index (κ3) is 1.53. The van der Waals surface area contributed by atoms with E-state index in [2.05, 4.69) is 0 Å². The Balaban J connectivity index is 2.21. The number of hydrogen-bond donors (Lipinski definition) is 0. The van der Waals surface area contributed by atoms with Gasteiger partial charge in [-0.1, -0.05) is 82.8 Å². The van der Waals surface area contributed by atoms with Gasteiger partial charge in [-0.2, -0.15) is 0 Å². The summed E-state index contributed by atoms with van der Waals surface area (Å²) in [6.45, 7) is 0. The maximum atomic E-state index is 6.06. The first kappa shape index (κ1) is 11.7. The van der Waals surface area contributed by atoms with Crippen LogP contribution in [0.25, 0.3) is 10.8 Å². The summed E-state index contributed by atoms with van der Waals surface area (Å²) in [5, 5.41) is 2.11. The van der Waals surface area contributed by atoms with Gasteiger partial charge in [0.15, 0.2) is 0 Å². The molecule has 0 unspecified atom stereocenters. The highest BCUT2D eigenvalue weighted by Gasteiger charge is 2.74. The van der Waals surface area contributed by atoms with Crippen molar-refractivity contribution in [2.75, 3.05) is 4.90 Å². The predicted octanol–water partition coefficient (Wildman–Crippen LogP) is 4.92. The van der Waals surface area contributed by atoms with Gasteiger partial charge >= 0.3 is 0 Å². The maximum absolute atomic E-state index is 6.06. The molecule has 1 aliphatic heterocycles. The van der Waals surface area contributed by atoms with E-state index in [9.17, 15) is 0 Å². The molecular formula is C12H7Cl4N. The van der Waals surface area contributed by atoms with Crippen LogP contribution in [0.4, 0.5) is 5.69 Å². The molecule has 0 aromatic heterocycles. The molecular weight excluding hydrogens is 300 g/mol. The van der Waals surface area contributed by atoms with E-state index in [0.29, 0.717) is 0 Å². The second-order valence-corrected chi connectivity index (χ2v) is 6.49. The van der Waals surface area contributed by atoms with Crippen molar-refractivity contribution < 1.29 is 0 Å². The molecule has 0 bridgehead atoms. The second-order valence-electron chi connectivity index (χ2n) is 3.92. The molecule has 0 atom stereocenters. The minimum Gasteiger partial charge on any atom is -0.299 e. The van der Waals surface area contributed by atoms with Gasteiger partial charge in [0.25, 0.3) is 0 Å². The van der Waals surface area contributed by atoms with Crippen molar-refractivity contribution in [1.29, 1.82) is 0 Å². The highest BCUT2D eigenvalue weighted by Crippen LogP contribution is 2.65. The Labute approximate surface area is 119 Å². The van der Waals surface area contributed by atoms with Crippen molar-refractivity contribution in [2.24, 2.45) is 0 Å². The van der Waals surface area contributed by atoms with E-state index >= 15 is 0 Å². The van der Waals surface area contributed by atoms with Gasteiger partial charge in [0.05, 0.1) is 0 Å². The van der Waals surface area contributed by atoms with E-state index in [1.807, 2.05) is 42.5 Å². The summed E-state index contributed by atoms with van der Waals surface area (Å²) in [7, 11) is 0. The number of anilines is 1. The Kier molecular flexibility index (Phi) is 2.47. The lowest BCUT2D eigenvalue weighted by Gasteiger charge is -2.09. The van der Waals surface area contributed by atoms with Gasteiger partial charge in [0, 0.05) is 11.1 Å². The fourth-order valence-corrected chi connectivity index (χ4v) is 3.18. The molecule has 3 rings (SSSR count). The molecule has 0 amide bonds. The summed E-state index contributed by atoms with van der Waals surface area (Å²) >= 11 is 24.2. The topological polar surface area (TPSA) is 3.01 Å². The SMILES string of the molecule is ClC1(Cl)N(c2cccc3ccccc23)C1(Cl)Cl. The molecule has 1 nitrogen and oxygen atoms in total. The molecule has 0 N–H and O–H groups in total. The fraction of sp³-hybridized carbons (Fsp3) is 0.167. The zero-order valence-electron chi connectivity index (χ0n) is 8.50. The van der Waals surface area contributed by atoms with E-state index in [-0.39, 0.29) is 0 Å². The fourth-order valence-electron chi connectivity index (χ4n) is 1.96. The highest BCUT2D eigenvalue weighted by atomic mass is 35.5. The van der Waals surface area contributed by atoms with Crippen LogP contribution in [0.5, 0.6) is 0 Å². The number of hydrogen-bond acceptors (Lipinski definition) is 1. The molecule has 0 aliphatic carbocycles. The lowest BCUT2D eigenvalue weighted by molar-refractivity contribution is 1.29. The van der Waals surface area contributed by atoms with Crippen molar-refractivity contribution >= 4 is 62.9 Å². The second kappa shape index (κ2) is 3.58. The Morgan fingerprint density at radius 2 is 1.35 bits per heavy atom. The zero-order valence-corrected chi connectivity index (χ0v) is 11.5. The molecule has 0 radical (unpaired) electrons. The number of fused-ring (bicyclic) bond motifs is 1. The van der Waals surface area contributed by atoms with Crippen molar-refractivity contribution in [3.8, 4) is 0 Å². The average molecular weight is 307 g/mol. The third-order valence-electron chi connectivity index (χ3n) is 2.88. The van der Waals surface area contributed by atoms with Gasteiger partial charge in [0.2, 0.25) is 8.91 Å². The largest absolute Gasteiger partial charge is 0.299 e. The summed E-state index contributed by atoms with van der Waals surface area (Å²) < 4.78 is -2.56. The van der Waals surface area contributed by atoms with Crippen LogP contribution in [0.15, 0.2) is 42.5 Å². The molecule has 1 aliphatic rings. The molecule has 0 spiro atoms. The Bertz CT molecular complexity index is 575. The van der Waals surface area contributed by atoms with Crippen molar-refractivity contribution in [3.05, 3.63) is 42.5 Å². The predicted molar refractivity (Wildman–Crippen MR) is 75.3 cm³/mol. The lowest BCUT2D eigenvalue weighted by Crippen LogP contribution is -2.02. The molecule has 1 fully saturated rings. The van der Waals surface area contributed by atoms with Crippen LogP contribution in [0.2, 0.25) is 0 Å². The summed E-state index contributed by atoms with van der Waals surface area (Å²) in [6.07, 6.45) is 0. The zero-order chi connectivity index (χ0) is 12.3. The highest BCUT2D eigenvalue weighted by molar-refractivity contribution is 6.70. The first-order valence-corrected chi connectivity index (χ1v) is 6.51. The van der Waals surface area contributed by atoms with Gasteiger partial charge < -0.3 is 0 Å². The summed E-state index contributed by atoms with van der Waals surface area (Å²) in [5.41, 5.74) is 0.832. The third-order valence-corrected chi connectivity index (χ3v) is 5.04. The first-order chi connectivity index (χ1) is 7.96. The molecule has 2 aromatic carbocycles. The van der Waals surface area contributed by atoms with Gasteiger partial charge in [-0.05, 0) is 11.5 Å². The summed E-state index contributed by atoms with van der Waals surface area (Å²) in [6, 6.07) is 13.7. The first-order valence-electron chi connectivity index (χ1n) is 5.00. The van der Waals surface area contributed by atoms with Crippen LogP contribution in [0, 0.1) is 0 Å². The summed E-state index contributed by atoms with van der Waals surface area (Å²) in [5.74, 6) is 0. The minimum atomic E-state index is -1.28. The quantitative estimate of drug-likeness (QED) is 0.410. The summed E-state index contributed by atoms with van der Waals surface area (Å²) in [4.78, 5) is 1.58. The van der Waals surface area contributed by atoms with Gasteiger partial charge in [-0.25, -0.2) is 0 Å². The van der Waals surface area contributed by atoms with Gasteiger partial charge in [-0.3, -0.25) is 4.90 Å². The van der Waals surface area contributed by atoms with Gasteiger partial charge in [-0.15, -0.1) is 0 Å². The number of benzene rings is 2. The monoisotopic (exact) mass is 305 g/mol. The molecule has 5 heteroatoms. The van der Waals surface area contributed by atoms with E-state index in [1.54, 1.807) is 4.90 Å². The number of nitrogens with zero attached hydrogens (tertiary/aromatic N) is 1.